The number of nitrogens with zero attached hydrogens (tertiary/aromatic N) is 3. The minimum atomic E-state index is -0.411. The summed E-state index contributed by atoms with van der Waals surface area (Å²) in [5.74, 6) is -0.182. The highest BCUT2D eigenvalue weighted by Gasteiger charge is 2.20. The highest BCUT2D eigenvalue weighted by atomic mass is 79.9. The van der Waals surface area contributed by atoms with E-state index in [1.54, 1.807) is 19.1 Å². The third kappa shape index (κ3) is 4.46. The Morgan fingerprint density at radius 1 is 1.20 bits per heavy atom. The molecule has 7 nitrogen and oxygen atoms in total. The molecule has 0 unspecified atom stereocenters. The quantitative estimate of drug-likeness (QED) is 0.454. The standard InChI is InChI=1S/C21H16BrFN4O3/c1-12-25-20(29-11-17(28)24-10-13-4-2-6-15(22)8-13)18-19(27-30-21(18)26-12)14-5-3-7-16(23)9-14/h2-9H,10-11H2,1H3,(H,24,28). The molecule has 0 saturated heterocycles. The van der Waals surface area contributed by atoms with Gasteiger partial charge in [0, 0.05) is 16.6 Å². The molecule has 4 aromatic rings. The Morgan fingerprint density at radius 2 is 2.03 bits per heavy atom. The third-order valence-electron chi connectivity index (χ3n) is 4.23. The molecule has 0 aliphatic rings. The molecule has 0 aliphatic heterocycles. The van der Waals surface area contributed by atoms with Gasteiger partial charge in [-0.05, 0) is 36.8 Å². The van der Waals surface area contributed by atoms with Crippen LogP contribution in [0.1, 0.15) is 11.4 Å². The molecule has 1 N–H and O–H groups in total. The van der Waals surface area contributed by atoms with Gasteiger partial charge in [0.25, 0.3) is 11.6 Å². The predicted octanol–water partition coefficient (Wildman–Crippen LogP) is 4.19. The average Bonchev–Trinajstić information content (AvgIpc) is 3.14. The molecule has 0 bridgehead atoms. The second-order valence-electron chi connectivity index (χ2n) is 6.49. The number of hydrogen-bond acceptors (Lipinski definition) is 6. The van der Waals surface area contributed by atoms with Crippen LogP contribution < -0.4 is 10.1 Å². The molecule has 0 spiro atoms. The van der Waals surface area contributed by atoms with E-state index < -0.39 is 5.82 Å². The number of carbonyl (C=O) groups excluding carboxylic acids is 1. The summed E-state index contributed by atoms with van der Waals surface area (Å²) >= 11 is 3.40. The Bertz CT molecular complexity index is 1230. The first-order chi connectivity index (χ1) is 14.5. The summed E-state index contributed by atoms with van der Waals surface area (Å²) in [7, 11) is 0. The van der Waals surface area contributed by atoms with E-state index in [-0.39, 0.29) is 24.1 Å². The minimum Gasteiger partial charge on any atom is -0.467 e. The number of benzene rings is 2. The zero-order valence-electron chi connectivity index (χ0n) is 15.9. The molecule has 2 aromatic carbocycles. The molecule has 9 heteroatoms. The van der Waals surface area contributed by atoms with Gasteiger partial charge in [0.05, 0.1) is 0 Å². The fourth-order valence-electron chi connectivity index (χ4n) is 2.90. The van der Waals surface area contributed by atoms with Crippen molar-refractivity contribution in [3.05, 3.63) is 70.2 Å². The highest BCUT2D eigenvalue weighted by Crippen LogP contribution is 2.33. The van der Waals surface area contributed by atoms with E-state index in [2.05, 4.69) is 36.4 Å². The van der Waals surface area contributed by atoms with Crippen LogP contribution in [0.2, 0.25) is 0 Å². The monoisotopic (exact) mass is 470 g/mol. The van der Waals surface area contributed by atoms with Crippen LogP contribution in [-0.4, -0.2) is 27.6 Å². The fraction of sp³-hybridized carbons (Fsp3) is 0.143. The van der Waals surface area contributed by atoms with Crippen molar-refractivity contribution in [2.24, 2.45) is 0 Å². The first-order valence-electron chi connectivity index (χ1n) is 9.03. The van der Waals surface area contributed by atoms with Gasteiger partial charge in [-0.15, -0.1) is 0 Å². The van der Waals surface area contributed by atoms with Crippen LogP contribution >= 0.6 is 15.9 Å². The molecule has 30 heavy (non-hydrogen) atoms. The zero-order chi connectivity index (χ0) is 21.1. The van der Waals surface area contributed by atoms with E-state index in [1.807, 2.05) is 24.3 Å². The van der Waals surface area contributed by atoms with Crippen molar-refractivity contribution in [2.45, 2.75) is 13.5 Å². The van der Waals surface area contributed by atoms with Crippen molar-refractivity contribution in [3.63, 3.8) is 0 Å². The summed E-state index contributed by atoms with van der Waals surface area (Å²) in [4.78, 5) is 20.7. The molecule has 0 aliphatic carbocycles. The van der Waals surface area contributed by atoms with Crippen molar-refractivity contribution in [1.82, 2.24) is 20.4 Å². The maximum absolute atomic E-state index is 13.7. The number of ether oxygens (including phenoxy) is 1. The van der Waals surface area contributed by atoms with Gasteiger partial charge in [0.15, 0.2) is 6.61 Å². The van der Waals surface area contributed by atoms with E-state index in [4.69, 9.17) is 9.26 Å². The van der Waals surface area contributed by atoms with Crippen LogP contribution in [-0.2, 0) is 11.3 Å². The summed E-state index contributed by atoms with van der Waals surface area (Å²) < 4.78 is 25.5. The second kappa shape index (κ2) is 8.58. The van der Waals surface area contributed by atoms with Crippen LogP contribution in [0.15, 0.2) is 57.5 Å². The number of rotatable bonds is 6. The summed E-state index contributed by atoms with van der Waals surface area (Å²) in [5, 5.41) is 7.16. The Kier molecular flexibility index (Phi) is 5.71. The lowest BCUT2D eigenvalue weighted by Gasteiger charge is -2.09. The topological polar surface area (TPSA) is 90.1 Å². The maximum Gasteiger partial charge on any atom is 0.265 e. The second-order valence-corrected chi connectivity index (χ2v) is 7.41. The minimum absolute atomic E-state index is 0.149. The molecule has 0 saturated carbocycles. The van der Waals surface area contributed by atoms with E-state index in [0.29, 0.717) is 29.0 Å². The lowest BCUT2D eigenvalue weighted by molar-refractivity contribution is -0.123. The Hall–Kier alpha value is -3.33. The number of nitrogens with one attached hydrogen (secondary N) is 1. The van der Waals surface area contributed by atoms with E-state index in [0.717, 1.165) is 10.0 Å². The van der Waals surface area contributed by atoms with Crippen molar-refractivity contribution in [3.8, 4) is 17.1 Å². The molecule has 0 fully saturated rings. The summed E-state index contributed by atoms with van der Waals surface area (Å²) in [6.45, 7) is 1.78. The molecular formula is C21H16BrFN4O3. The maximum atomic E-state index is 13.7. The number of halogens is 2. The number of aromatic nitrogens is 3. The third-order valence-corrected chi connectivity index (χ3v) is 4.72. The van der Waals surface area contributed by atoms with Gasteiger partial charge >= 0.3 is 0 Å². The van der Waals surface area contributed by atoms with E-state index in [1.165, 1.54) is 12.1 Å². The van der Waals surface area contributed by atoms with Gasteiger partial charge in [-0.1, -0.05) is 45.4 Å². The lowest BCUT2D eigenvalue weighted by Crippen LogP contribution is -2.28. The predicted molar refractivity (Wildman–Crippen MR) is 111 cm³/mol. The molecule has 2 heterocycles. The Balaban J connectivity index is 1.53. The molecule has 4 rings (SSSR count). The largest absolute Gasteiger partial charge is 0.467 e. The molecular weight excluding hydrogens is 455 g/mol. The molecule has 152 valence electrons. The number of fused-ring (bicyclic) bond motifs is 1. The van der Waals surface area contributed by atoms with Crippen molar-refractivity contribution >= 4 is 32.9 Å². The van der Waals surface area contributed by atoms with Gasteiger partial charge in [-0.25, -0.2) is 4.39 Å². The SMILES string of the molecule is Cc1nc(OCC(=O)NCc2cccc(Br)c2)c2c(-c3cccc(F)c3)noc2n1. The Morgan fingerprint density at radius 3 is 2.83 bits per heavy atom. The molecule has 1 amide bonds. The average molecular weight is 471 g/mol. The lowest BCUT2D eigenvalue weighted by atomic mass is 10.1. The summed E-state index contributed by atoms with van der Waals surface area (Å²) in [5.41, 5.74) is 1.98. The van der Waals surface area contributed by atoms with Crippen LogP contribution in [0, 0.1) is 12.7 Å². The summed E-state index contributed by atoms with van der Waals surface area (Å²) in [6, 6.07) is 13.5. The highest BCUT2D eigenvalue weighted by molar-refractivity contribution is 9.10. The molecule has 0 radical (unpaired) electrons. The molecule has 2 aromatic heterocycles. The van der Waals surface area contributed by atoms with Gasteiger partial charge in [-0.2, -0.15) is 9.97 Å². The smallest absolute Gasteiger partial charge is 0.265 e. The fourth-order valence-corrected chi connectivity index (χ4v) is 3.34. The number of carbonyl (C=O) groups is 1. The van der Waals surface area contributed by atoms with Crippen molar-refractivity contribution in [1.29, 1.82) is 0 Å². The first-order valence-corrected chi connectivity index (χ1v) is 9.83. The van der Waals surface area contributed by atoms with Crippen LogP contribution in [0.5, 0.6) is 5.88 Å². The van der Waals surface area contributed by atoms with Gasteiger partial charge in [-0.3, -0.25) is 4.79 Å². The summed E-state index contributed by atoms with van der Waals surface area (Å²) in [6.07, 6.45) is 0. The van der Waals surface area contributed by atoms with Crippen LogP contribution in [0.4, 0.5) is 4.39 Å². The van der Waals surface area contributed by atoms with Gasteiger partial charge in [0.2, 0.25) is 5.88 Å². The zero-order valence-corrected chi connectivity index (χ0v) is 17.4. The van der Waals surface area contributed by atoms with Gasteiger partial charge < -0.3 is 14.6 Å². The van der Waals surface area contributed by atoms with Crippen LogP contribution in [0.25, 0.3) is 22.4 Å². The van der Waals surface area contributed by atoms with Crippen LogP contribution in [0.3, 0.4) is 0 Å². The first kappa shape index (κ1) is 20.0. The number of aryl methyl sites for hydroxylation is 1. The Labute approximate surface area is 179 Å². The molecule has 0 atom stereocenters. The normalized spacial score (nSPS) is 10.9. The number of hydrogen-bond donors (Lipinski definition) is 1. The number of amides is 1. The van der Waals surface area contributed by atoms with E-state index >= 15 is 0 Å². The van der Waals surface area contributed by atoms with Gasteiger partial charge in [0.1, 0.15) is 22.7 Å². The van der Waals surface area contributed by atoms with E-state index in [9.17, 15) is 9.18 Å². The van der Waals surface area contributed by atoms with Crippen molar-refractivity contribution in [2.75, 3.05) is 6.61 Å². The van der Waals surface area contributed by atoms with Crippen molar-refractivity contribution < 1.29 is 18.4 Å².